The summed E-state index contributed by atoms with van der Waals surface area (Å²) in [5.74, 6) is 0.0349. The Labute approximate surface area is 111 Å². The Kier molecular flexibility index (Phi) is 6.22. The summed E-state index contributed by atoms with van der Waals surface area (Å²) >= 11 is 3.40. The van der Waals surface area contributed by atoms with Crippen LogP contribution in [0.1, 0.15) is 26.7 Å². The number of amides is 1. The second-order valence-corrected chi connectivity index (χ2v) is 4.90. The molecule has 1 rings (SSSR count). The fourth-order valence-electron chi connectivity index (χ4n) is 1.35. The van der Waals surface area contributed by atoms with Gasteiger partial charge in [0.1, 0.15) is 0 Å². The Bertz CT molecular complexity index is 368. The van der Waals surface area contributed by atoms with Gasteiger partial charge in [-0.05, 0) is 41.4 Å². The van der Waals surface area contributed by atoms with Crippen LogP contribution in [0.4, 0.5) is 5.69 Å². The lowest BCUT2D eigenvalue weighted by Crippen LogP contribution is -2.28. The minimum atomic E-state index is 0.0349. The lowest BCUT2D eigenvalue weighted by molar-refractivity contribution is -0.116. The lowest BCUT2D eigenvalue weighted by Gasteiger charge is -2.11. The molecule has 0 saturated heterocycles. The van der Waals surface area contributed by atoms with Crippen LogP contribution in [0.3, 0.4) is 0 Å². The van der Waals surface area contributed by atoms with E-state index in [1.54, 1.807) is 0 Å². The zero-order valence-corrected chi connectivity index (χ0v) is 11.9. The molecule has 3 nitrogen and oxygen atoms in total. The number of halogens is 1. The van der Waals surface area contributed by atoms with E-state index >= 15 is 0 Å². The Morgan fingerprint density at radius 1 is 1.41 bits per heavy atom. The third-order valence-electron chi connectivity index (χ3n) is 2.61. The number of nitrogens with one attached hydrogen (secondary N) is 2. The maximum absolute atomic E-state index is 11.7. The van der Waals surface area contributed by atoms with E-state index in [4.69, 9.17) is 0 Å². The molecular formula is C13H19BrN2O. The van der Waals surface area contributed by atoms with Crippen molar-refractivity contribution >= 4 is 27.5 Å². The zero-order chi connectivity index (χ0) is 12.7. The molecule has 0 aromatic heterocycles. The lowest BCUT2D eigenvalue weighted by atomic mass is 10.2. The molecule has 1 amide bonds. The van der Waals surface area contributed by atoms with Crippen LogP contribution in [0.2, 0.25) is 0 Å². The summed E-state index contributed by atoms with van der Waals surface area (Å²) in [5, 5.41) is 6.17. The van der Waals surface area contributed by atoms with Crippen LogP contribution in [0.25, 0.3) is 0 Å². The summed E-state index contributed by atoms with van der Waals surface area (Å²) in [6.07, 6.45) is 1.57. The highest BCUT2D eigenvalue weighted by atomic mass is 79.9. The van der Waals surface area contributed by atoms with E-state index in [2.05, 4.69) is 40.4 Å². The van der Waals surface area contributed by atoms with Crippen LogP contribution >= 0.6 is 15.9 Å². The van der Waals surface area contributed by atoms with Crippen molar-refractivity contribution in [2.24, 2.45) is 0 Å². The Morgan fingerprint density at radius 3 is 2.76 bits per heavy atom. The van der Waals surface area contributed by atoms with E-state index in [1.807, 2.05) is 24.3 Å². The van der Waals surface area contributed by atoms with Gasteiger partial charge < -0.3 is 10.6 Å². The van der Waals surface area contributed by atoms with Gasteiger partial charge in [0, 0.05) is 23.5 Å². The van der Waals surface area contributed by atoms with Crippen LogP contribution in [-0.4, -0.2) is 18.5 Å². The van der Waals surface area contributed by atoms with Gasteiger partial charge in [-0.1, -0.05) is 19.1 Å². The molecule has 94 valence electrons. The highest BCUT2D eigenvalue weighted by Gasteiger charge is 2.05. The molecule has 0 radical (unpaired) electrons. The van der Waals surface area contributed by atoms with Crippen molar-refractivity contribution in [1.29, 1.82) is 0 Å². The average molecular weight is 299 g/mol. The van der Waals surface area contributed by atoms with E-state index in [9.17, 15) is 4.79 Å². The van der Waals surface area contributed by atoms with Gasteiger partial charge in [0.05, 0.1) is 5.69 Å². The number of benzene rings is 1. The van der Waals surface area contributed by atoms with Gasteiger partial charge in [-0.3, -0.25) is 4.79 Å². The highest BCUT2D eigenvalue weighted by molar-refractivity contribution is 9.10. The molecule has 0 aliphatic heterocycles. The van der Waals surface area contributed by atoms with Crippen LogP contribution in [0.15, 0.2) is 28.7 Å². The van der Waals surface area contributed by atoms with E-state index < -0.39 is 0 Å². The van der Waals surface area contributed by atoms with E-state index in [1.165, 1.54) is 0 Å². The van der Waals surface area contributed by atoms with Crippen molar-refractivity contribution in [3.63, 3.8) is 0 Å². The van der Waals surface area contributed by atoms with Gasteiger partial charge in [-0.2, -0.15) is 0 Å². The first-order valence-electron chi connectivity index (χ1n) is 5.91. The van der Waals surface area contributed by atoms with Crippen molar-refractivity contribution in [3.05, 3.63) is 28.7 Å². The third-order valence-corrected chi connectivity index (χ3v) is 3.30. The number of hydrogen-bond acceptors (Lipinski definition) is 2. The summed E-state index contributed by atoms with van der Waals surface area (Å²) in [6, 6.07) is 8.07. The third kappa shape index (κ3) is 5.33. The Hall–Kier alpha value is -0.870. The van der Waals surface area contributed by atoms with Gasteiger partial charge in [-0.25, -0.2) is 0 Å². The van der Waals surface area contributed by atoms with Gasteiger partial charge >= 0.3 is 0 Å². The van der Waals surface area contributed by atoms with Crippen molar-refractivity contribution < 1.29 is 4.79 Å². The molecule has 2 N–H and O–H groups in total. The van der Waals surface area contributed by atoms with Crippen LogP contribution in [0.5, 0.6) is 0 Å². The molecule has 1 aromatic carbocycles. The molecule has 0 bridgehead atoms. The monoisotopic (exact) mass is 298 g/mol. The molecule has 1 unspecified atom stereocenters. The van der Waals surface area contributed by atoms with Crippen molar-refractivity contribution in [3.8, 4) is 0 Å². The van der Waals surface area contributed by atoms with Crippen molar-refractivity contribution in [1.82, 2.24) is 5.32 Å². The number of carbonyl (C=O) groups is 1. The predicted molar refractivity (Wildman–Crippen MR) is 75.1 cm³/mol. The maximum Gasteiger partial charge on any atom is 0.225 e. The molecule has 1 aromatic rings. The van der Waals surface area contributed by atoms with Gasteiger partial charge in [0.25, 0.3) is 0 Å². The van der Waals surface area contributed by atoms with E-state index in [0.717, 1.165) is 16.6 Å². The highest BCUT2D eigenvalue weighted by Crippen LogP contribution is 2.21. The number of para-hydroxylation sites is 1. The molecule has 1 atom stereocenters. The van der Waals surface area contributed by atoms with Crippen molar-refractivity contribution in [2.75, 3.05) is 11.9 Å². The number of rotatable bonds is 6. The quantitative estimate of drug-likeness (QED) is 0.847. The normalized spacial score (nSPS) is 12.2. The number of hydrogen-bond donors (Lipinski definition) is 2. The topological polar surface area (TPSA) is 41.1 Å². The summed E-state index contributed by atoms with van der Waals surface area (Å²) in [5.41, 5.74) is 0.820. The minimum absolute atomic E-state index is 0.0349. The number of carbonyl (C=O) groups excluding carboxylic acids is 1. The largest absolute Gasteiger partial charge is 0.325 e. The fourth-order valence-corrected chi connectivity index (χ4v) is 1.74. The second-order valence-electron chi connectivity index (χ2n) is 4.04. The molecule has 0 heterocycles. The van der Waals surface area contributed by atoms with Crippen LogP contribution < -0.4 is 10.6 Å². The van der Waals surface area contributed by atoms with Gasteiger partial charge in [-0.15, -0.1) is 0 Å². The first-order chi connectivity index (χ1) is 8.13. The predicted octanol–water partition coefficient (Wildman–Crippen LogP) is 3.17. The Morgan fingerprint density at radius 2 is 2.12 bits per heavy atom. The maximum atomic E-state index is 11.7. The molecule has 0 saturated carbocycles. The summed E-state index contributed by atoms with van der Waals surface area (Å²) in [6.45, 7) is 4.95. The summed E-state index contributed by atoms with van der Waals surface area (Å²) in [7, 11) is 0. The Balaban J connectivity index is 2.33. The first kappa shape index (κ1) is 14.2. The molecular weight excluding hydrogens is 280 g/mol. The summed E-state index contributed by atoms with van der Waals surface area (Å²) < 4.78 is 0.906. The molecule has 17 heavy (non-hydrogen) atoms. The molecule has 0 aliphatic rings. The average Bonchev–Trinajstić information content (AvgIpc) is 2.32. The SMILES string of the molecule is CCC(C)NCCC(=O)Nc1ccccc1Br. The standard InChI is InChI=1S/C13H19BrN2O/c1-3-10(2)15-9-8-13(17)16-12-7-5-4-6-11(12)14/h4-7,10,15H,3,8-9H2,1-2H3,(H,16,17). The van der Waals surface area contributed by atoms with Crippen molar-refractivity contribution in [2.45, 2.75) is 32.7 Å². The van der Waals surface area contributed by atoms with Crippen LogP contribution in [-0.2, 0) is 4.79 Å². The van der Waals surface area contributed by atoms with E-state index in [0.29, 0.717) is 19.0 Å². The molecule has 0 spiro atoms. The first-order valence-corrected chi connectivity index (χ1v) is 6.70. The van der Waals surface area contributed by atoms with Crippen LogP contribution in [0, 0.1) is 0 Å². The second kappa shape index (κ2) is 7.45. The molecule has 0 aliphatic carbocycles. The smallest absolute Gasteiger partial charge is 0.225 e. The number of anilines is 1. The van der Waals surface area contributed by atoms with Gasteiger partial charge in [0.15, 0.2) is 0 Å². The molecule has 0 fully saturated rings. The van der Waals surface area contributed by atoms with Gasteiger partial charge in [0.2, 0.25) is 5.91 Å². The minimum Gasteiger partial charge on any atom is -0.325 e. The fraction of sp³-hybridized carbons (Fsp3) is 0.462. The summed E-state index contributed by atoms with van der Waals surface area (Å²) in [4.78, 5) is 11.7. The van der Waals surface area contributed by atoms with E-state index in [-0.39, 0.29) is 5.91 Å². The molecule has 4 heteroatoms. The zero-order valence-electron chi connectivity index (χ0n) is 10.3.